The van der Waals surface area contributed by atoms with E-state index in [9.17, 15) is 19.5 Å². The Balaban J connectivity index is 1.54. The number of benzene rings is 1. The molecule has 0 spiro atoms. The van der Waals surface area contributed by atoms with E-state index in [-0.39, 0.29) is 37.4 Å². The molecule has 1 aromatic carbocycles. The molecule has 8 heteroatoms. The molecule has 1 atom stereocenters. The van der Waals surface area contributed by atoms with Crippen LogP contribution in [-0.4, -0.2) is 71.6 Å². The fourth-order valence-corrected chi connectivity index (χ4v) is 3.54. The molecular weight excluding hydrogens is 364 g/mol. The van der Waals surface area contributed by atoms with Crippen molar-refractivity contribution in [3.63, 3.8) is 0 Å². The standard InChI is InChI=1S/C20H26N2O6/c1-27-16-6-2-3-7-17(16)28-13-19(24)21(14-8-9-14)12-10-18(23)22-11-4-5-15(22)20(25)26/h2-3,6-7,14-15H,4-5,8-13H2,1H3,(H,25,26). The van der Waals surface area contributed by atoms with Gasteiger partial charge < -0.3 is 24.4 Å². The highest BCUT2D eigenvalue weighted by Crippen LogP contribution is 2.29. The Labute approximate surface area is 164 Å². The predicted molar refractivity (Wildman–Crippen MR) is 100 cm³/mol. The second-order valence-corrected chi connectivity index (χ2v) is 7.09. The average Bonchev–Trinajstić information content (AvgIpc) is 3.40. The van der Waals surface area contributed by atoms with Crippen LogP contribution in [0.5, 0.6) is 11.5 Å². The number of methoxy groups -OCH3 is 1. The third-order valence-electron chi connectivity index (χ3n) is 5.15. The number of hydrogen-bond donors (Lipinski definition) is 1. The summed E-state index contributed by atoms with van der Waals surface area (Å²) in [4.78, 5) is 39.5. The van der Waals surface area contributed by atoms with Crippen LogP contribution in [0, 0.1) is 0 Å². The zero-order chi connectivity index (χ0) is 20.1. The topological polar surface area (TPSA) is 96.4 Å². The number of carboxylic acids is 1. The van der Waals surface area contributed by atoms with Gasteiger partial charge in [0.15, 0.2) is 18.1 Å². The summed E-state index contributed by atoms with van der Waals surface area (Å²) in [5, 5.41) is 9.23. The fraction of sp³-hybridized carbons (Fsp3) is 0.550. The van der Waals surface area contributed by atoms with Gasteiger partial charge in [0.2, 0.25) is 5.91 Å². The van der Waals surface area contributed by atoms with Crippen molar-refractivity contribution in [2.75, 3.05) is 26.8 Å². The summed E-state index contributed by atoms with van der Waals surface area (Å²) in [7, 11) is 1.54. The highest BCUT2D eigenvalue weighted by atomic mass is 16.5. The summed E-state index contributed by atoms with van der Waals surface area (Å²) in [5.74, 6) is -0.318. The van der Waals surface area contributed by atoms with E-state index in [2.05, 4.69) is 0 Å². The molecule has 2 aliphatic rings. The lowest BCUT2D eigenvalue weighted by molar-refractivity contribution is -0.148. The van der Waals surface area contributed by atoms with Gasteiger partial charge in [-0.3, -0.25) is 9.59 Å². The van der Waals surface area contributed by atoms with Crippen molar-refractivity contribution >= 4 is 17.8 Å². The van der Waals surface area contributed by atoms with Crippen LogP contribution in [0.15, 0.2) is 24.3 Å². The van der Waals surface area contributed by atoms with E-state index in [0.29, 0.717) is 30.9 Å². The van der Waals surface area contributed by atoms with Crippen LogP contribution in [0.2, 0.25) is 0 Å². The van der Waals surface area contributed by atoms with Crippen LogP contribution in [0.3, 0.4) is 0 Å². The van der Waals surface area contributed by atoms with Gasteiger partial charge in [-0.1, -0.05) is 12.1 Å². The molecule has 0 radical (unpaired) electrons. The minimum absolute atomic E-state index is 0.126. The molecule has 0 aromatic heterocycles. The first-order valence-electron chi connectivity index (χ1n) is 9.59. The Bertz CT molecular complexity index is 733. The Morgan fingerprint density at radius 3 is 2.54 bits per heavy atom. The number of rotatable bonds is 9. The van der Waals surface area contributed by atoms with E-state index in [1.165, 1.54) is 12.0 Å². The Morgan fingerprint density at radius 2 is 1.89 bits per heavy atom. The molecule has 1 unspecified atom stereocenters. The van der Waals surface area contributed by atoms with Gasteiger partial charge in [0.1, 0.15) is 6.04 Å². The number of nitrogens with zero attached hydrogens (tertiary/aromatic N) is 2. The monoisotopic (exact) mass is 390 g/mol. The lowest BCUT2D eigenvalue weighted by Gasteiger charge is -2.25. The summed E-state index contributed by atoms with van der Waals surface area (Å²) >= 11 is 0. The first-order chi connectivity index (χ1) is 13.5. The Hall–Kier alpha value is -2.77. The van der Waals surface area contributed by atoms with Gasteiger partial charge in [-0.15, -0.1) is 0 Å². The van der Waals surface area contributed by atoms with Crippen LogP contribution in [0.1, 0.15) is 32.1 Å². The number of carboxylic acid groups (broad SMARTS) is 1. The van der Waals surface area contributed by atoms with E-state index in [4.69, 9.17) is 9.47 Å². The van der Waals surface area contributed by atoms with Crippen molar-refractivity contribution in [3.05, 3.63) is 24.3 Å². The van der Waals surface area contributed by atoms with Crippen LogP contribution in [-0.2, 0) is 14.4 Å². The van der Waals surface area contributed by atoms with Crippen molar-refractivity contribution in [1.82, 2.24) is 9.80 Å². The van der Waals surface area contributed by atoms with Crippen molar-refractivity contribution in [3.8, 4) is 11.5 Å². The van der Waals surface area contributed by atoms with E-state index in [0.717, 1.165) is 12.8 Å². The number of para-hydroxylation sites is 2. The average molecular weight is 390 g/mol. The summed E-state index contributed by atoms with van der Waals surface area (Å²) in [6.07, 6.45) is 3.13. The highest BCUT2D eigenvalue weighted by Gasteiger charge is 2.36. The van der Waals surface area contributed by atoms with Crippen molar-refractivity contribution < 1.29 is 29.0 Å². The van der Waals surface area contributed by atoms with Crippen molar-refractivity contribution in [2.45, 2.75) is 44.2 Å². The first kappa shape index (κ1) is 20.0. The van der Waals surface area contributed by atoms with E-state index < -0.39 is 12.0 Å². The smallest absolute Gasteiger partial charge is 0.326 e. The molecule has 3 rings (SSSR count). The molecule has 152 valence electrons. The van der Waals surface area contributed by atoms with Gasteiger partial charge >= 0.3 is 5.97 Å². The molecule has 28 heavy (non-hydrogen) atoms. The molecule has 1 aliphatic carbocycles. The summed E-state index contributed by atoms with van der Waals surface area (Å²) in [5.41, 5.74) is 0. The number of ether oxygens (including phenoxy) is 2. The largest absolute Gasteiger partial charge is 0.493 e. The van der Waals surface area contributed by atoms with Crippen LogP contribution in [0.25, 0.3) is 0 Å². The molecular formula is C20H26N2O6. The Morgan fingerprint density at radius 1 is 1.18 bits per heavy atom. The number of carbonyl (C=O) groups is 3. The van der Waals surface area contributed by atoms with Crippen molar-refractivity contribution in [2.24, 2.45) is 0 Å². The molecule has 1 saturated heterocycles. The number of amides is 2. The minimum Gasteiger partial charge on any atom is -0.493 e. The number of hydrogen-bond acceptors (Lipinski definition) is 5. The first-order valence-corrected chi connectivity index (χ1v) is 9.59. The van der Waals surface area contributed by atoms with Gasteiger partial charge in [0.25, 0.3) is 5.91 Å². The number of likely N-dealkylation sites (tertiary alicyclic amines) is 1. The second kappa shape index (κ2) is 8.95. The summed E-state index contributed by atoms with van der Waals surface area (Å²) in [6, 6.07) is 6.50. The third kappa shape index (κ3) is 4.74. The third-order valence-corrected chi connectivity index (χ3v) is 5.15. The Kier molecular flexibility index (Phi) is 6.38. The van der Waals surface area contributed by atoms with Gasteiger partial charge in [-0.25, -0.2) is 4.79 Å². The van der Waals surface area contributed by atoms with Crippen molar-refractivity contribution in [1.29, 1.82) is 0 Å². The molecule has 2 amide bonds. The molecule has 1 aliphatic heterocycles. The van der Waals surface area contributed by atoms with E-state index in [1.54, 1.807) is 23.1 Å². The molecule has 2 fully saturated rings. The number of aliphatic carboxylic acids is 1. The molecule has 8 nitrogen and oxygen atoms in total. The molecule has 1 saturated carbocycles. The zero-order valence-electron chi connectivity index (χ0n) is 16.0. The van der Waals surface area contributed by atoms with Crippen LogP contribution in [0.4, 0.5) is 0 Å². The predicted octanol–water partition coefficient (Wildman–Crippen LogP) is 1.53. The SMILES string of the molecule is COc1ccccc1OCC(=O)N(CCC(=O)N1CCCC1C(=O)O)C1CC1. The normalized spacial score (nSPS) is 18.6. The number of carbonyl (C=O) groups excluding carboxylic acids is 2. The van der Waals surface area contributed by atoms with E-state index in [1.807, 2.05) is 6.07 Å². The maximum absolute atomic E-state index is 12.6. The van der Waals surface area contributed by atoms with Gasteiger partial charge in [0.05, 0.1) is 7.11 Å². The van der Waals surface area contributed by atoms with Gasteiger partial charge in [-0.05, 0) is 37.8 Å². The van der Waals surface area contributed by atoms with Gasteiger partial charge in [0, 0.05) is 25.6 Å². The second-order valence-electron chi connectivity index (χ2n) is 7.09. The molecule has 1 aromatic rings. The quantitative estimate of drug-likeness (QED) is 0.687. The van der Waals surface area contributed by atoms with E-state index >= 15 is 0 Å². The van der Waals surface area contributed by atoms with Gasteiger partial charge in [-0.2, -0.15) is 0 Å². The maximum atomic E-state index is 12.6. The van der Waals surface area contributed by atoms with Crippen LogP contribution < -0.4 is 9.47 Å². The zero-order valence-corrected chi connectivity index (χ0v) is 16.0. The minimum atomic E-state index is -0.966. The lowest BCUT2D eigenvalue weighted by Crippen LogP contribution is -2.43. The summed E-state index contributed by atoms with van der Waals surface area (Å²) < 4.78 is 10.8. The summed E-state index contributed by atoms with van der Waals surface area (Å²) in [6.45, 7) is 0.608. The fourth-order valence-electron chi connectivity index (χ4n) is 3.54. The highest BCUT2D eigenvalue weighted by molar-refractivity contribution is 5.85. The van der Waals surface area contributed by atoms with Crippen LogP contribution >= 0.6 is 0 Å². The maximum Gasteiger partial charge on any atom is 0.326 e. The lowest BCUT2D eigenvalue weighted by atomic mass is 10.2. The molecule has 1 N–H and O–H groups in total. The molecule has 0 bridgehead atoms. The molecule has 1 heterocycles.